The van der Waals surface area contributed by atoms with Crippen LogP contribution in [0.2, 0.25) is 0 Å². The van der Waals surface area contributed by atoms with Crippen LogP contribution in [0.15, 0.2) is 24.3 Å². The van der Waals surface area contributed by atoms with Gasteiger partial charge in [-0.05, 0) is 50.5 Å². The number of hydrogen-bond donors (Lipinski definition) is 1. The Bertz CT molecular complexity index is 631. The van der Waals surface area contributed by atoms with E-state index in [1.165, 1.54) is 24.8 Å². The Labute approximate surface area is 164 Å². The molecular formula is C22H36N2O3. The molecule has 1 heterocycles. The van der Waals surface area contributed by atoms with E-state index in [4.69, 9.17) is 15.2 Å². The summed E-state index contributed by atoms with van der Waals surface area (Å²) in [4.78, 5) is 13.8. The van der Waals surface area contributed by atoms with Gasteiger partial charge >= 0.3 is 6.09 Å². The molecule has 1 aliphatic heterocycles. The van der Waals surface area contributed by atoms with Crippen molar-refractivity contribution in [3.8, 4) is 5.75 Å². The SMILES string of the molecule is CCCCC.COc1cc(C2=CCN(C(=O)OC(C)(C)C)CC2)ccc1N. The zero-order chi connectivity index (χ0) is 20.4. The molecule has 0 radical (unpaired) electrons. The molecule has 1 amide bonds. The quantitative estimate of drug-likeness (QED) is 0.705. The van der Waals surface area contributed by atoms with Crippen molar-refractivity contribution in [3.05, 3.63) is 29.8 Å². The van der Waals surface area contributed by atoms with Crippen LogP contribution in [0.4, 0.5) is 10.5 Å². The number of nitrogens with zero attached hydrogens (tertiary/aromatic N) is 1. The van der Waals surface area contributed by atoms with Gasteiger partial charge in [-0.1, -0.05) is 45.3 Å². The number of unbranched alkanes of at least 4 members (excludes halogenated alkanes) is 2. The molecule has 0 aromatic heterocycles. The van der Waals surface area contributed by atoms with Gasteiger partial charge in [-0.15, -0.1) is 0 Å². The summed E-state index contributed by atoms with van der Waals surface area (Å²) in [6, 6.07) is 5.76. The average molecular weight is 377 g/mol. The zero-order valence-electron chi connectivity index (χ0n) is 17.8. The van der Waals surface area contributed by atoms with E-state index in [1.54, 1.807) is 12.0 Å². The molecule has 0 unspecified atom stereocenters. The summed E-state index contributed by atoms with van der Waals surface area (Å²) >= 11 is 0. The minimum Gasteiger partial charge on any atom is -0.495 e. The maximum absolute atomic E-state index is 12.0. The Hall–Kier alpha value is -2.17. The molecule has 1 aliphatic rings. The molecule has 0 spiro atoms. The molecule has 0 bridgehead atoms. The second-order valence-electron chi connectivity index (χ2n) is 7.72. The summed E-state index contributed by atoms with van der Waals surface area (Å²) < 4.78 is 10.6. The maximum Gasteiger partial charge on any atom is 0.410 e. The minimum absolute atomic E-state index is 0.266. The van der Waals surface area contributed by atoms with Crippen molar-refractivity contribution >= 4 is 17.4 Å². The topological polar surface area (TPSA) is 64.8 Å². The molecule has 0 atom stereocenters. The first-order valence-electron chi connectivity index (χ1n) is 9.82. The van der Waals surface area contributed by atoms with Crippen molar-refractivity contribution in [2.24, 2.45) is 0 Å². The highest BCUT2D eigenvalue weighted by atomic mass is 16.6. The first kappa shape index (κ1) is 22.9. The fraction of sp³-hybridized carbons (Fsp3) is 0.591. The van der Waals surface area contributed by atoms with Crippen LogP contribution in [0.5, 0.6) is 5.75 Å². The number of hydrogen-bond acceptors (Lipinski definition) is 4. The summed E-state index contributed by atoms with van der Waals surface area (Å²) in [6.45, 7) is 11.2. The van der Waals surface area contributed by atoms with Crippen molar-refractivity contribution in [2.45, 2.75) is 65.9 Å². The molecule has 0 aliphatic carbocycles. The number of anilines is 1. The van der Waals surface area contributed by atoms with Crippen LogP contribution < -0.4 is 10.5 Å². The van der Waals surface area contributed by atoms with E-state index in [0.29, 0.717) is 24.5 Å². The minimum atomic E-state index is -0.467. The summed E-state index contributed by atoms with van der Waals surface area (Å²) in [5.74, 6) is 0.674. The molecule has 0 saturated heterocycles. The maximum atomic E-state index is 12.0. The van der Waals surface area contributed by atoms with Crippen LogP contribution in [-0.2, 0) is 4.74 Å². The summed E-state index contributed by atoms with van der Waals surface area (Å²) in [5, 5.41) is 0. The number of benzene rings is 1. The zero-order valence-corrected chi connectivity index (χ0v) is 17.8. The van der Waals surface area contributed by atoms with Gasteiger partial charge in [0.05, 0.1) is 12.8 Å². The number of carbonyl (C=O) groups is 1. The van der Waals surface area contributed by atoms with Gasteiger partial charge in [0.25, 0.3) is 0 Å². The van der Waals surface area contributed by atoms with Crippen molar-refractivity contribution < 1.29 is 14.3 Å². The van der Waals surface area contributed by atoms with E-state index in [-0.39, 0.29) is 6.09 Å². The van der Waals surface area contributed by atoms with E-state index in [9.17, 15) is 4.79 Å². The smallest absolute Gasteiger partial charge is 0.410 e. The van der Waals surface area contributed by atoms with Crippen LogP contribution >= 0.6 is 0 Å². The lowest BCUT2D eigenvalue weighted by atomic mass is 9.99. The molecule has 5 heteroatoms. The largest absolute Gasteiger partial charge is 0.495 e. The third kappa shape index (κ3) is 7.94. The van der Waals surface area contributed by atoms with Gasteiger partial charge in [-0.3, -0.25) is 0 Å². The molecule has 2 N–H and O–H groups in total. The van der Waals surface area contributed by atoms with Gasteiger partial charge in [0.2, 0.25) is 0 Å². The highest BCUT2D eigenvalue weighted by molar-refractivity contribution is 5.74. The summed E-state index contributed by atoms with van der Waals surface area (Å²) in [7, 11) is 1.61. The van der Waals surface area contributed by atoms with Crippen LogP contribution in [0.1, 0.15) is 65.9 Å². The van der Waals surface area contributed by atoms with E-state index in [1.807, 2.05) is 39.0 Å². The highest BCUT2D eigenvalue weighted by Crippen LogP contribution is 2.29. The predicted octanol–water partition coefficient (Wildman–Crippen LogP) is 5.50. The van der Waals surface area contributed by atoms with Gasteiger partial charge in [0, 0.05) is 13.1 Å². The van der Waals surface area contributed by atoms with Crippen LogP contribution in [-0.4, -0.2) is 36.8 Å². The summed E-state index contributed by atoms with van der Waals surface area (Å²) in [6.07, 6.45) is 6.65. The molecule has 1 aromatic rings. The Morgan fingerprint density at radius 3 is 2.33 bits per heavy atom. The van der Waals surface area contributed by atoms with Gasteiger partial charge in [0.1, 0.15) is 11.4 Å². The predicted molar refractivity (Wildman–Crippen MR) is 113 cm³/mol. The van der Waals surface area contributed by atoms with E-state index in [2.05, 4.69) is 19.9 Å². The molecule has 27 heavy (non-hydrogen) atoms. The number of nitrogen functional groups attached to an aromatic ring is 1. The highest BCUT2D eigenvalue weighted by Gasteiger charge is 2.24. The molecule has 0 fully saturated rings. The number of methoxy groups -OCH3 is 1. The number of amides is 1. The second kappa shape index (κ2) is 10.9. The Balaban J connectivity index is 0.000000646. The molecule has 0 saturated carbocycles. The monoisotopic (exact) mass is 376 g/mol. The van der Waals surface area contributed by atoms with Crippen molar-refractivity contribution in [1.29, 1.82) is 0 Å². The van der Waals surface area contributed by atoms with Crippen molar-refractivity contribution in [1.82, 2.24) is 4.90 Å². The van der Waals surface area contributed by atoms with Gasteiger partial charge in [-0.25, -0.2) is 4.79 Å². The standard InChI is InChI=1S/C17H24N2O3.C5H12/c1-17(2,3)22-16(20)19-9-7-12(8-10-19)13-5-6-14(18)15(11-13)21-4;1-3-5-4-2/h5-7,11H,8-10,18H2,1-4H3;3-5H2,1-2H3. The molecular weight excluding hydrogens is 340 g/mol. The number of ether oxygens (including phenoxy) is 2. The Morgan fingerprint density at radius 1 is 1.22 bits per heavy atom. The van der Waals surface area contributed by atoms with Gasteiger partial charge in [0.15, 0.2) is 0 Å². The lowest BCUT2D eigenvalue weighted by Crippen LogP contribution is -2.39. The second-order valence-corrected chi connectivity index (χ2v) is 7.72. The van der Waals surface area contributed by atoms with Crippen LogP contribution in [0.3, 0.4) is 0 Å². The number of nitrogens with two attached hydrogens (primary N) is 1. The van der Waals surface area contributed by atoms with E-state index >= 15 is 0 Å². The van der Waals surface area contributed by atoms with Crippen LogP contribution in [0.25, 0.3) is 5.57 Å². The molecule has 5 nitrogen and oxygen atoms in total. The first-order chi connectivity index (χ1) is 12.7. The third-order valence-electron chi connectivity index (χ3n) is 4.17. The lowest BCUT2D eigenvalue weighted by molar-refractivity contribution is 0.0270. The normalized spacial score (nSPS) is 14.0. The van der Waals surface area contributed by atoms with Gasteiger partial charge < -0.3 is 20.1 Å². The van der Waals surface area contributed by atoms with E-state index < -0.39 is 5.60 Å². The van der Waals surface area contributed by atoms with Crippen LogP contribution in [0, 0.1) is 0 Å². The fourth-order valence-corrected chi connectivity index (χ4v) is 2.69. The fourth-order valence-electron chi connectivity index (χ4n) is 2.69. The molecule has 152 valence electrons. The Kier molecular flexibility index (Phi) is 9.19. The Morgan fingerprint density at radius 2 is 1.89 bits per heavy atom. The lowest BCUT2D eigenvalue weighted by Gasteiger charge is -2.29. The number of rotatable bonds is 4. The molecule has 1 aromatic carbocycles. The third-order valence-corrected chi connectivity index (χ3v) is 4.17. The van der Waals surface area contributed by atoms with Crippen molar-refractivity contribution in [3.63, 3.8) is 0 Å². The first-order valence-corrected chi connectivity index (χ1v) is 9.82. The van der Waals surface area contributed by atoms with Gasteiger partial charge in [-0.2, -0.15) is 0 Å². The van der Waals surface area contributed by atoms with Crippen molar-refractivity contribution in [2.75, 3.05) is 25.9 Å². The number of carbonyl (C=O) groups excluding carboxylic acids is 1. The molecule has 2 rings (SSSR count). The summed E-state index contributed by atoms with van der Waals surface area (Å²) in [5.41, 5.74) is 8.26. The van der Waals surface area contributed by atoms with E-state index in [0.717, 1.165) is 12.0 Å². The average Bonchev–Trinajstić information content (AvgIpc) is 2.62.